The first-order chi connectivity index (χ1) is 9.97. The van der Waals surface area contributed by atoms with E-state index < -0.39 is 11.4 Å². The van der Waals surface area contributed by atoms with Crippen LogP contribution in [0.1, 0.15) is 28.5 Å². The van der Waals surface area contributed by atoms with E-state index in [1.807, 2.05) is 25.1 Å². The molecule has 0 radical (unpaired) electrons. The van der Waals surface area contributed by atoms with Crippen LogP contribution < -0.4 is 5.43 Å². The maximum absolute atomic E-state index is 12.0. The zero-order valence-corrected chi connectivity index (χ0v) is 13.6. The Kier molecular flexibility index (Phi) is 4.57. The van der Waals surface area contributed by atoms with E-state index in [0.29, 0.717) is 5.56 Å². The molecular formula is C15H15BrN2O3. The van der Waals surface area contributed by atoms with Crippen molar-refractivity contribution in [1.82, 2.24) is 9.78 Å². The predicted molar refractivity (Wildman–Crippen MR) is 83.0 cm³/mol. The second-order valence-corrected chi connectivity index (χ2v) is 5.47. The number of hydrogen-bond acceptors (Lipinski definition) is 4. The SMILES string of the molecule is CCc1cc(Br)ccc1-n1cc(C)c(=O)c(C(=O)OC)n1. The van der Waals surface area contributed by atoms with Crippen LogP contribution in [0.2, 0.25) is 0 Å². The van der Waals surface area contributed by atoms with Gasteiger partial charge < -0.3 is 4.74 Å². The number of benzene rings is 1. The van der Waals surface area contributed by atoms with E-state index in [1.165, 1.54) is 7.11 Å². The largest absolute Gasteiger partial charge is 0.464 e. The number of rotatable bonds is 3. The van der Waals surface area contributed by atoms with Crippen molar-refractivity contribution >= 4 is 21.9 Å². The number of carbonyl (C=O) groups excluding carboxylic acids is 1. The summed E-state index contributed by atoms with van der Waals surface area (Å²) in [5.41, 5.74) is 1.70. The van der Waals surface area contributed by atoms with E-state index in [-0.39, 0.29) is 5.69 Å². The number of methoxy groups -OCH3 is 1. The summed E-state index contributed by atoms with van der Waals surface area (Å²) in [4.78, 5) is 23.7. The molecule has 0 N–H and O–H groups in total. The minimum absolute atomic E-state index is 0.206. The fourth-order valence-corrected chi connectivity index (χ4v) is 2.43. The minimum atomic E-state index is -0.729. The number of halogens is 1. The summed E-state index contributed by atoms with van der Waals surface area (Å²) >= 11 is 3.43. The Morgan fingerprint density at radius 1 is 1.43 bits per heavy atom. The topological polar surface area (TPSA) is 61.2 Å². The van der Waals surface area contributed by atoms with Gasteiger partial charge in [0.05, 0.1) is 12.8 Å². The van der Waals surface area contributed by atoms with Gasteiger partial charge in [0.25, 0.3) is 0 Å². The third-order valence-electron chi connectivity index (χ3n) is 3.14. The van der Waals surface area contributed by atoms with Crippen LogP contribution in [-0.2, 0) is 11.2 Å². The van der Waals surface area contributed by atoms with E-state index >= 15 is 0 Å². The van der Waals surface area contributed by atoms with Crippen molar-refractivity contribution in [3.05, 3.63) is 55.9 Å². The average Bonchev–Trinajstić information content (AvgIpc) is 2.49. The van der Waals surface area contributed by atoms with E-state index in [1.54, 1.807) is 17.8 Å². The number of esters is 1. The highest BCUT2D eigenvalue weighted by Crippen LogP contribution is 2.20. The van der Waals surface area contributed by atoms with Crippen LogP contribution in [0, 0.1) is 6.92 Å². The molecule has 1 aromatic heterocycles. The van der Waals surface area contributed by atoms with Crippen molar-refractivity contribution in [3.63, 3.8) is 0 Å². The Hall–Kier alpha value is -1.95. The normalized spacial score (nSPS) is 10.5. The van der Waals surface area contributed by atoms with Crippen molar-refractivity contribution in [3.8, 4) is 5.69 Å². The molecule has 0 amide bonds. The molecule has 0 saturated heterocycles. The quantitative estimate of drug-likeness (QED) is 0.798. The van der Waals surface area contributed by atoms with Gasteiger partial charge >= 0.3 is 5.97 Å². The van der Waals surface area contributed by atoms with Gasteiger partial charge in [0.2, 0.25) is 11.1 Å². The first-order valence-corrected chi connectivity index (χ1v) is 7.25. The molecule has 0 aliphatic rings. The van der Waals surface area contributed by atoms with Crippen molar-refractivity contribution in [1.29, 1.82) is 0 Å². The molecule has 6 heteroatoms. The van der Waals surface area contributed by atoms with Gasteiger partial charge in [-0.15, -0.1) is 0 Å². The molecule has 2 rings (SSSR count). The van der Waals surface area contributed by atoms with Gasteiger partial charge in [-0.3, -0.25) is 4.79 Å². The van der Waals surface area contributed by atoms with Gasteiger partial charge in [-0.05, 0) is 37.1 Å². The molecule has 2 aromatic rings. The average molecular weight is 351 g/mol. The fraction of sp³-hybridized carbons (Fsp3) is 0.267. The fourth-order valence-electron chi connectivity index (χ4n) is 2.03. The highest BCUT2D eigenvalue weighted by atomic mass is 79.9. The predicted octanol–water partition coefficient (Wildman–Crippen LogP) is 2.65. The zero-order chi connectivity index (χ0) is 15.6. The number of aryl methyl sites for hydroxylation is 2. The maximum atomic E-state index is 12.0. The van der Waals surface area contributed by atoms with Crippen LogP contribution >= 0.6 is 15.9 Å². The summed E-state index contributed by atoms with van der Waals surface area (Å²) in [7, 11) is 1.23. The Balaban J connectivity index is 2.68. The van der Waals surface area contributed by atoms with E-state index in [4.69, 9.17) is 0 Å². The molecule has 0 fully saturated rings. The van der Waals surface area contributed by atoms with Gasteiger partial charge in [-0.2, -0.15) is 5.10 Å². The first kappa shape index (κ1) is 15.4. The van der Waals surface area contributed by atoms with Crippen LogP contribution in [0.5, 0.6) is 0 Å². The van der Waals surface area contributed by atoms with Crippen LogP contribution in [0.4, 0.5) is 0 Å². The Morgan fingerprint density at radius 2 is 2.14 bits per heavy atom. The standard InChI is InChI=1S/C15H15BrN2O3/c1-4-10-7-11(16)5-6-12(10)18-8-9(2)14(19)13(17-18)15(20)21-3/h5-8H,4H2,1-3H3. The monoisotopic (exact) mass is 350 g/mol. The second kappa shape index (κ2) is 6.22. The van der Waals surface area contributed by atoms with Crippen molar-refractivity contribution < 1.29 is 9.53 Å². The molecule has 110 valence electrons. The summed E-state index contributed by atoms with van der Waals surface area (Å²) in [5, 5.41) is 4.13. The van der Waals surface area contributed by atoms with Crippen LogP contribution in [0.15, 0.2) is 33.7 Å². The number of aromatic nitrogens is 2. The summed E-state index contributed by atoms with van der Waals surface area (Å²) in [5.74, 6) is -0.729. The van der Waals surface area contributed by atoms with Gasteiger partial charge in [0.15, 0.2) is 0 Å². The van der Waals surface area contributed by atoms with Gasteiger partial charge in [0.1, 0.15) is 0 Å². The number of carbonyl (C=O) groups is 1. The molecule has 0 aliphatic heterocycles. The summed E-state index contributed by atoms with van der Waals surface area (Å²) in [6.07, 6.45) is 2.42. The lowest BCUT2D eigenvalue weighted by Gasteiger charge is -2.12. The molecule has 0 bridgehead atoms. The zero-order valence-electron chi connectivity index (χ0n) is 12.0. The summed E-state index contributed by atoms with van der Waals surface area (Å²) < 4.78 is 7.13. The Labute approximate surface area is 130 Å². The number of hydrogen-bond donors (Lipinski definition) is 0. The molecule has 0 aliphatic carbocycles. The molecule has 0 atom stereocenters. The van der Waals surface area contributed by atoms with E-state index in [2.05, 4.69) is 25.8 Å². The van der Waals surface area contributed by atoms with Gasteiger partial charge in [-0.1, -0.05) is 22.9 Å². The third-order valence-corrected chi connectivity index (χ3v) is 3.64. The minimum Gasteiger partial charge on any atom is -0.464 e. The summed E-state index contributed by atoms with van der Waals surface area (Å²) in [6.45, 7) is 3.68. The highest BCUT2D eigenvalue weighted by Gasteiger charge is 2.17. The lowest BCUT2D eigenvalue weighted by Crippen LogP contribution is -2.24. The van der Waals surface area contributed by atoms with E-state index in [0.717, 1.165) is 22.1 Å². The van der Waals surface area contributed by atoms with Gasteiger partial charge in [-0.25, -0.2) is 9.48 Å². The van der Waals surface area contributed by atoms with Crippen LogP contribution in [0.25, 0.3) is 5.69 Å². The van der Waals surface area contributed by atoms with E-state index in [9.17, 15) is 9.59 Å². The lowest BCUT2D eigenvalue weighted by atomic mass is 10.1. The lowest BCUT2D eigenvalue weighted by molar-refractivity contribution is 0.0590. The van der Waals surface area contributed by atoms with Crippen molar-refractivity contribution in [2.75, 3.05) is 7.11 Å². The highest BCUT2D eigenvalue weighted by molar-refractivity contribution is 9.10. The third kappa shape index (κ3) is 3.05. The molecular weight excluding hydrogens is 336 g/mol. The first-order valence-electron chi connectivity index (χ1n) is 6.45. The van der Waals surface area contributed by atoms with Crippen LogP contribution in [-0.4, -0.2) is 22.9 Å². The van der Waals surface area contributed by atoms with Crippen LogP contribution in [0.3, 0.4) is 0 Å². The molecule has 0 saturated carbocycles. The smallest absolute Gasteiger partial charge is 0.362 e. The van der Waals surface area contributed by atoms with Gasteiger partial charge in [0, 0.05) is 16.2 Å². The maximum Gasteiger partial charge on any atom is 0.362 e. The molecule has 1 aromatic carbocycles. The molecule has 21 heavy (non-hydrogen) atoms. The molecule has 0 spiro atoms. The Morgan fingerprint density at radius 3 is 2.76 bits per heavy atom. The molecule has 0 unspecified atom stereocenters. The number of ether oxygens (including phenoxy) is 1. The van der Waals surface area contributed by atoms with Crippen molar-refractivity contribution in [2.45, 2.75) is 20.3 Å². The molecule has 5 nitrogen and oxygen atoms in total. The summed E-state index contributed by atoms with van der Waals surface area (Å²) in [6, 6.07) is 5.77. The Bertz CT molecular complexity index is 753. The molecule has 1 heterocycles. The van der Waals surface area contributed by atoms with Crippen molar-refractivity contribution in [2.24, 2.45) is 0 Å². The number of nitrogens with zero attached hydrogens (tertiary/aromatic N) is 2. The second-order valence-electron chi connectivity index (χ2n) is 4.55.